The van der Waals surface area contributed by atoms with Crippen LogP contribution in [0, 0.1) is 0 Å². The van der Waals surface area contributed by atoms with Crippen molar-refractivity contribution in [1.29, 1.82) is 0 Å². The van der Waals surface area contributed by atoms with E-state index >= 15 is 0 Å². The Labute approximate surface area is 188 Å². The zero-order valence-corrected chi connectivity index (χ0v) is 19.0. The van der Waals surface area contributed by atoms with Gasteiger partial charge in [0.1, 0.15) is 5.82 Å². The average Bonchev–Trinajstić information content (AvgIpc) is 3.28. The molecule has 1 aliphatic heterocycles. The highest BCUT2D eigenvalue weighted by Gasteiger charge is 2.24. The number of carbonyl (C=O) groups is 1. The number of hydrogen-bond donors (Lipinski definition) is 0. The maximum absolute atomic E-state index is 12.9. The highest BCUT2D eigenvalue weighted by Crippen LogP contribution is 2.21. The number of unbranched alkanes of at least 4 members (excludes halogenated alkanes) is 2. The minimum Gasteiger partial charge on any atom is -0.343 e. The minimum absolute atomic E-state index is 0.127. The molecule has 5 nitrogen and oxygen atoms in total. The number of anilines is 1. The second kappa shape index (κ2) is 10.5. The zero-order valence-electron chi connectivity index (χ0n) is 18.2. The lowest BCUT2D eigenvalue weighted by molar-refractivity contribution is 0.0746. The van der Waals surface area contributed by atoms with Crippen LogP contribution in [0.15, 0.2) is 54.6 Å². The molecule has 1 fully saturated rings. The minimum atomic E-state index is 0.127. The largest absolute Gasteiger partial charge is 0.343 e. The molecule has 1 aliphatic rings. The fourth-order valence-corrected chi connectivity index (χ4v) is 4.64. The standard InChI is InChI=1S/C25H30N4OS/c1-2-3-5-8-20-11-13-22(14-12-20)24(30)28-15-17-29(18-16-28)25-26-23(27-31-25)19-21-9-6-4-7-10-21/h4,6-7,9-14H,2-3,5,8,15-19H2,1H3. The molecule has 0 radical (unpaired) electrons. The van der Waals surface area contributed by atoms with E-state index in [4.69, 9.17) is 4.98 Å². The molecule has 1 saturated heterocycles. The molecule has 0 N–H and O–H groups in total. The van der Waals surface area contributed by atoms with E-state index in [0.29, 0.717) is 13.1 Å². The van der Waals surface area contributed by atoms with Crippen molar-refractivity contribution in [2.75, 3.05) is 31.1 Å². The molecular weight excluding hydrogens is 404 g/mol. The SMILES string of the molecule is CCCCCc1ccc(C(=O)N2CCN(c3nc(Cc4ccccc4)ns3)CC2)cc1. The van der Waals surface area contributed by atoms with Crippen LogP contribution < -0.4 is 4.90 Å². The summed E-state index contributed by atoms with van der Waals surface area (Å²) in [5.74, 6) is 0.991. The first kappa shape index (κ1) is 21.5. The number of amides is 1. The summed E-state index contributed by atoms with van der Waals surface area (Å²) in [4.78, 5) is 21.8. The molecule has 1 aromatic heterocycles. The van der Waals surface area contributed by atoms with Crippen LogP contribution in [0.25, 0.3) is 0 Å². The van der Waals surface area contributed by atoms with Gasteiger partial charge in [-0.3, -0.25) is 4.79 Å². The van der Waals surface area contributed by atoms with Gasteiger partial charge in [0.05, 0.1) is 0 Å². The van der Waals surface area contributed by atoms with Crippen molar-refractivity contribution >= 4 is 22.6 Å². The molecule has 0 aliphatic carbocycles. The Morgan fingerprint density at radius 2 is 1.68 bits per heavy atom. The molecule has 31 heavy (non-hydrogen) atoms. The second-order valence-electron chi connectivity index (χ2n) is 8.09. The van der Waals surface area contributed by atoms with Crippen molar-refractivity contribution in [3.05, 3.63) is 77.1 Å². The third-order valence-corrected chi connectivity index (χ3v) is 6.58. The van der Waals surface area contributed by atoms with Gasteiger partial charge >= 0.3 is 0 Å². The van der Waals surface area contributed by atoms with E-state index in [9.17, 15) is 4.79 Å². The molecule has 2 heterocycles. The number of piperazine rings is 1. The Balaban J connectivity index is 1.29. The Morgan fingerprint density at radius 1 is 0.935 bits per heavy atom. The van der Waals surface area contributed by atoms with Crippen molar-refractivity contribution in [2.45, 2.75) is 39.0 Å². The number of rotatable bonds is 8. The van der Waals surface area contributed by atoms with E-state index in [1.165, 1.54) is 41.9 Å². The first-order valence-corrected chi connectivity index (χ1v) is 12.0. The van der Waals surface area contributed by atoms with Crippen LogP contribution in [0.4, 0.5) is 5.13 Å². The third kappa shape index (κ3) is 5.70. The molecule has 6 heteroatoms. The van der Waals surface area contributed by atoms with E-state index < -0.39 is 0 Å². The fraction of sp³-hybridized carbons (Fsp3) is 0.400. The van der Waals surface area contributed by atoms with Crippen molar-refractivity contribution in [1.82, 2.24) is 14.3 Å². The Bertz CT molecular complexity index is 963. The average molecular weight is 435 g/mol. The maximum Gasteiger partial charge on any atom is 0.253 e. The van der Waals surface area contributed by atoms with Crippen molar-refractivity contribution in [2.24, 2.45) is 0 Å². The van der Waals surface area contributed by atoms with E-state index in [0.717, 1.165) is 42.5 Å². The Hall–Kier alpha value is -2.73. The molecule has 0 bridgehead atoms. The number of aryl methyl sites for hydroxylation is 1. The van der Waals surface area contributed by atoms with Crippen LogP contribution in [-0.2, 0) is 12.8 Å². The van der Waals surface area contributed by atoms with Crippen LogP contribution in [0.3, 0.4) is 0 Å². The van der Waals surface area contributed by atoms with Crippen LogP contribution in [0.1, 0.15) is 53.5 Å². The molecule has 0 atom stereocenters. The summed E-state index contributed by atoms with van der Waals surface area (Å²) < 4.78 is 4.53. The molecule has 4 rings (SSSR count). The predicted octanol–water partition coefficient (Wildman–Crippen LogP) is 4.82. The summed E-state index contributed by atoms with van der Waals surface area (Å²) in [5.41, 5.74) is 3.32. The van der Waals surface area contributed by atoms with Gasteiger partial charge < -0.3 is 9.80 Å². The van der Waals surface area contributed by atoms with Crippen molar-refractivity contribution < 1.29 is 4.79 Å². The van der Waals surface area contributed by atoms with Gasteiger partial charge in [0.2, 0.25) is 5.13 Å². The molecule has 162 valence electrons. The molecule has 0 spiro atoms. The summed E-state index contributed by atoms with van der Waals surface area (Å²) >= 11 is 1.45. The molecule has 3 aromatic rings. The van der Waals surface area contributed by atoms with Crippen LogP contribution >= 0.6 is 11.5 Å². The summed E-state index contributed by atoms with van der Waals surface area (Å²) in [7, 11) is 0. The number of hydrogen-bond acceptors (Lipinski definition) is 5. The molecule has 0 saturated carbocycles. The van der Waals surface area contributed by atoms with Crippen LogP contribution in [-0.4, -0.2) is 46.3 Å². The third-order valence-electron chi connectivity index (χ3n) is 5.77. The summed E-state index contributed by atoms with van der Waals surface area (Å²) in [5, 5.41) is 0.953. The molecule has 2 aromatic carbocycles. The van der Waals surface area contributed by atoms with Crippen molar-refractivity contribution in [3.63, 3.8) is 0 Å². The quantitative estimate of drug-likeness (QED) is 0.477. The van der Waals surface area contributed by atoms with Crippen LogP contribution in [0.2, 0.25) is 0 Å². The summed E-state index contributed by atoms with van der Waals surface area (Å²) in [6.45, 7) is 5.23. The second-order valence-corrected chi connectivity index (χ2v) is 8.82. The van der Waals surface area contributed by atoms with E-state index in [1.807, 2.05) is 35.2 Å². The van der Waals surface area contributed by atoms with Gasteiger partial charge in [-0.05, 0) is 36.1 Å². The monoisotopic (exact) mass is 434 g/mol. The van der Waals surface area contributed by atoms with E-state index in [2.05, 4.69) is 40.5 Å². The van der Waals surface area contributed by atoms with Gasteiger partial charge in [-0.2, -0.15) is 4.37 Å². The summed E-state index contributed by atoms with van der Waals surface area (Å²) in [6, 6.07) is 18.5. The normalized spacial score (nSPS) is 14.1. The molecule has 1 amide bonds. The van der Waals surface area contributed by atoms with E-state index in [-0.39, 0.29) is 5.91 Å². The lowest BCUT2D eigenvalue weighted by Crippen LogP contribution is -2.48. The summed E-state index contributed by atoms with van der Waals surface area (Å²) in [6.07, 6.45) is 5.55. The first-order chi connectivity index (χ1) is 15.2. The lowest BCUT2D eigenvalue weighted by atomic mass is 10.0. The van der Waals surface area contributed by atoms with Gasteiger partial charge in [-0.15, -0.1) is 0 Å². The number of benzene rings is 2. The maximum atomic E-state index is 12.9. The predicted molar refractivity (Wildman–Crippen MR) is 127 cm³/mol. The topological polar surface area (TPSA) is 49.3 Å². The molecule has 0 unspecified atom stereocenters. The smallest absolute Gasteiger partial charge is 0.253 e. The van der Waals surface area contributed by atoms with Gasteiger partial charge in [-0.1, -0.05) is 62.2 Å². The number of nitrogens with zero attached hydrogens (tertiary/aromatic N) is 4. The Morgan fingerprint density at radius 3 is 2.39 bits per heavy atom. The van der Waals surface area contributed by atoms with Crippen LogP contribution in [0.5, 0.6) is 0 Å². The van der Waals surface area contributed by atoms with Gasteiger partial charge in [0.15, 0.2) is 0 Å². The Kier molecular flexibility index (Phi) is 7.30. The van der Waals surface area contributed by atoms with Gasteiger partial charge in [0.25, 0.3) is 5.91 Å². The van der Waals surface area contributed by atoms with Crippen molar-refractivity contribution in [3.8, 4) is 0 Å². The van der Waals surface area contributed by atoms with Gasteiger partial charge in [-0.25, -0.2) is 4.98 Å². The fourth-order valence-electron chi connectivity index (χ4n) is 3.90. The molecular formula is C25H30N4OS. The van der Waals surface area contributed by atoms with E-state index in [1.54, 1.807) is 0 Å². The lowest BCUT2D eigenvalue weighted by Gasteiger charge is -2.34. The van der Waals surface area contributed by atoms with Gasteiger partial charge in [0, 0.05) is 49.7 Å². The first-order valence-electron chi connectivity index (χ1n) is 11.2. The number of aromatic nitrogens is 2. The highest BCUT2D eigenvalue weighted by molar-refractivity contribution is 7.09. The number of carbonyl (C=O) groups excluding carboxylic acids is 1. The highest BCUT2D eigenvalue weighted by atomic mass is 32.1. The zero-order chi connectivity index (χ0) is 21.5.